The Morgan fingerprint density at radius 1 is 0.893 bits per heavy atom. The summed E-state index contributed by atoms with van der Waals surface area (Å²) in [6.07, 6.45) is 6.16. The van der Waals surface area contributed by atoms with E-state index in [0.717, 1.165) is 27.8 Å². The van der Waals surface area contributed by atoms with E-state index in [9.17, 15) is 0 Å². The zero-order chi connectivity index (χ0) is 19.5. The van der Waals surface area contributed by atoms with Crippen molar-refractivity contribution in [2.24, 2.45) is 0 Å². The van der Waals surface area contributed by atoms with Crippen LogP contribution in [0.2, 0.25) is 0 Å². The molecule has 1 aliphatic carbocycles. The molecule has 146 valence electrons. The highest BCUT2D eigenvalue weighted by molar-refractivity contribution is 5.93. The first-order valence-electron chi connectivity index (χ1n) is 9.74. The second-order valence-corrected chi connectivity index (χ2v) is 7.21. The van der Waals surface area contributed by atoms with Crippen LogP contribution in [0.4, 0.5) is 11.8 Å². The molecule has 1 saturated carbocycles. The minimum Gasteiger partial charge on any atom is -0.493 e. The lowest BCUT2D eigenvalue weighted by Gasteiger charge is -2.24. The molecular weight excluding hydrogens is 352 g/mol. The molecule has 0 spiro atoms. The first-order valence-corrected chi connectivity index (χ1v) is 9.74. The number of nitrogens with two attached hydrogens (primary N) is 1. The van der Waals surface area contributed by atoms with E-state index in [1.54, 1.807) is 14.2 Å². The number of methoxy groups -OCH3 is 2. The summed E-state index contributed by atoms with van der Waals surface area (Å²) in [7, 11) is 3.28. The minimum absolute atomic E-state index is 0.296. The molecule has 4 rings (SSSR count). The lowest BCUT2D eigenvalue weighted by molar-refractivity contribution is 0.355. The first-order chi connectivity index (χ1) is 13.7. The molecular formula is C22H26N4O2. The van der Waals surface area contributed by atoms with Crippen LogP contribution in [0.3, 0.4) is 0 Å². The van der Waals surface area contributed by atoms with Crippen molar-refractivity contribution in [1.29, 1.82) is 0 Å². The number of fused-ring (bicyclic) bond motifs is 1. The second kappa shape index (κ2) is 7.92. The van der Waals surface area contributed by atoms with Gasteiger partial charge in [0.15, 0.2) is 11.5 Å². The lowest BCUT2D eigenvalue weighted by atomic mass is 9.95. The number of nitrogens with one attached hydrogen (secondary N) is 1. The number of hydrogen-bond donors (Lipinski definition) is 2. The van der Waals surface area contributed by atoms with Gasteiger partial charge in [0, 0.05) is 11.4 Å². The van der Waals surface area contributed by atoms with Crippen molar-refractivity contribution >= 4 is 22.7 Å². The van der Waals surface area contributed by atoms with E-state index in [2.05, 4.69) is 21.4 Å². The summed E-state index contributed by atoms with van der Waals surface area (Å²) in [5.74, 6) is 2.53. The largest absolute Gasteiger partial charge is 0.493 e. The number of ether oxygens (including phenoxy) is 2. The monoisotopic (exact) mass is 378 g/mol. The van der Waals surface area contributed by atoms with Crippen molar-refractivity contribution in [3.63, 3.8) is 0 Å². The van der Waals surface area contributed by atoms with Crippen molar-refractivity contribution in [3.05, 3.63) is 36.4 Å². The third-order valence-electron chi connectivity index (χ3n) is 5.38. The standard InChI is InChI=1S/C22H26N4O2/c1-27-19-11-9-15(13-20(19)28-2)14-8-10-18-17(12-14)21(26-22(23)25-18)24-16-6-4-3-5-7-16/h8-13,16H,3-7H2,1-2H3,(H3,23,24,25,26). The average Bonchev–Trinajstić information content (AvgIpc) is 2.73. The van der Waals surface area contributed by atoms with Crippen LogP contribution in [0.5, 0.6) is 11.5 Å². The number of benzene rings is 2. The molecule has 0 unspecified atom stereocenters. The Kier molecular flexibility index (Phi) is 5.19. The summed E-state index contributed by atoms with van der Waals surface area (Å²) in [4.78, 5) is 8.91. The number of anilines is 2. The maximum atomic E-state index is 5.96. The van der Waals surface area contributed by atoms with E-state index in [1.165, 1.54) is 32.1 Å². The Labute approximate surface area is 165 Å². The molecule has 3 aromatic rings. The number of hydrogen-bond acceptors (Lipinski definition) is 6. The van der Waals surface area contributed by atoms with Gasteiger partial charge in [-0.25, -0.2) is 4.98 Å². The van der Waals surface area contributed by atoms with E-state index >= 15 is 0 Å². The lowest BCUT2D eigenvalue weighted by Crippen LogP contribution is -2.23. The van der Waals surface area contributed by atoms with E-state index in [0.29, 0.717) is 23.5 Å². The highest BCUT2D eigenvalue weighted by atomic mass is 16.5. The van der Waals surface area contributed by atoms with Crippen molar-refractivity contribution < 1.29 is 9.47 Å². The maximum Gasteiger partial charge on any atom is 0.222 e. The molecule has 0 bridgehead atoms. The third kappa shape index (κ3) is 3.67. The fourth-order valence-electron chi connectivity index (χ4n) is 3.89. The van der Waals surface area contributed by atoms with Crippen LogP contribution in [-0.4, -0.2) is 30.2 Å². The van der Waals surface area contributed by atoms with E-state index in [-0.39, 0.29) is 0 Å². The summed E-state index contributed by atoms with van der Waals surface area (Å²) in [5, 5.41) is 4.59. The Morgan fingerprint density at radius 3 is 2.36 bits per heavy atom. The molecule has 2 aromatic carbocycles. The van der Waals surface area contributed by atoms with Crippen LogP contribution in [0, 0.1) is 0 Å². The summed E-state index contributed by atoms with van der Waals surface area (Å²) >= 11 is 0. The van der Waals surface area contributed by atoms with Gasteiger partial charge >= 0.3 is 0 Å². The summed E-state index contributed by atoms with van der Waals surface area (Å²) < 4.78 is 10.8. The van der Waals surface area contributed by atoms with Crippen molar-refractivity contribution in [1.82, 2.24) is 9.97 Å². The number of aromatic nitrogens is 2. The van der Waals surface area contributed by atoms with E-state index in [4.69, 9.17) is 15.2 Å². The predicted octanol–water partition coefficient (Wildman–Crippen LogP) is 4.64. The van der Waals surface area contributed by atoms with Gasteiger partial charge < -0.3 is 20.5 Å². The predicted molar refractivity (Wildman–Crippen MR) is 113 cm³/mol. The minimum atomic E-state index is 0.296. The summed E-state index contributed by atoms with van der Waals surface area (Å²) in [6.45, 7) is 0. The van der Waals surface area contributed by atoms with Crippen LogP contribution in [0.1, 0.15) is 32.1 Å². The van der Waals surface area contributed by atoms with Gasteiger partial charge in [-0.05, 0) is 48.2 Å². The van der Waals surface area contributed by atoms with Gasteiger partial charge in [0.05, 0.1) is 19.7 Å². The normalized spacial score (nSPS) is 14.8. The highest BCUT2D eigenvalue weighted by Crippen LogP contribution is 2.34. The second-order valence-electron chi connectivity index (χ2n) is 7.21. The molecule has 3 N–H and O–H groups in total. The molecule has 0 atom stereocenters. The summed E-state index contributed by atoms with van der Waals surface area (Å²) in [5.41, 5.74) is 8.90. The maximum absolute atomic E-state index is 5.96. The molecule has 0 saturated heterocycles. The van der Waals surface area contributed by atoms with Crippen LogP contribution in [0.15, 0.2) is 36.4 Å². The van der Waals surface area contributed by atoms with Gasteiger partial charge in [0.25, 0.3) is 0 Å². The third-order valence-corrected chi connectivity index (χ3v) is 5.38. The van der Waals surface area contributed by atoms with Gasteiger partial charge in [-0.1, -0.05) is 31.4 Å². The van der Waals surface area contributed by atoms with E-state index in [1.807, 2.05) is 30.3 Å². The molecule has 0 aliphatic heterocycles. The fourth-order valence-corrected chi connectivity index (χ4v) is 3.89. The molecule has 1 aliphatic rings. The topological polar surface area (TPSA) is 82.3 Å². The molecule has 1 heterocycles. The van der Waals surface area contributed by atoms with Crippen LogP contribution >= 0.6 is 0 Å². The fraction of sp³-hybridized carbons (Fsp3) is 0.364. The Balaban J connectivity index is 1.75. The smallest absolute Gasteiger partial charge is 0.222 e. The van der Waals surface area contributed by atoms with Crippen molar-refractivity contribution in [2.45, 2.75) is 38.1 Å². The number of rotatable bonds is 5. The van der Waals surface area contributed by atoms with Crippen LogP contribution < -0.4 is 20.5 Å². The van der Waals surface area contributed by atoms with Gasteiger partial charge in [-0.2, -0.15) is 4.98 Å². The van der Waals surface area contributed by atoms with Gasteiger partial charge in [0.2, 0.25) is 5.95 Å². The highest BCUT2D eigenvalue weighted by Gasteiger charge is 2.16. The Bertz CT molecular complexity index is 984. The number of nitrogens with zero attached hydrogens (tertiary/aromatic N) is 2. The number of nitrogen functional groups attached to an aromatic ring is 1. The van der Waals surface area contributed by atoms with Gasteiger partial charge in [-0.15, -0.1) is 0 Å². The van der Waals surface area contributed by atoms with Crippen LogP contribution in [0.25, 0.3) is 22.0 Å². The molecule has 1 aromatic heterocycles. The SMILES string of the molecule is COc1ccc(-c2ccc3nc(N)nc(NC4CCCCC4)c3c2)cc1OC. The van der Waals surface area contributed by atoms with Crippen molar-refractivity contribution in [3.8, 4) is 22.6 Å². The molecule has 0 radical (unpaired) electrons. The first kappa shape index (κ1) is 18.3. The average molecular weight is 378 g/mol. The molecule has 6 heteroatoms. The molecule has 28 heavy (non-hydrogen) atoms. The zero-order valence-corrected chi connectivity index (χ0v) is 16.4. The molecule has 1 fully saturated rings. The van der Waals surface area contributed by atoms with Crippen LogP contribution in [-0.2, 0) is 0 Å². The summed E-state index contributed by atoms with van der Waals surface area (Å²) in [6, 6.07) is 12.5. The Hall–Kier alpha value is -3.02. The quantitative estimate of drug-likeness (QED) is 0.673. The molecule has 6 nitrogen and oxygen atoms in total. The van der Waals surface area contributed by atoms with Gasteiger partial charge in [0.1, 0.15) is 5.82 Å². The zero-order valence-electron chi connectivity index (χ0n) is 16.4. The van der Waals surface area contributed by atoms with Crippen molar-refractivity contribution in [2.75, 3.05) is 25.3 Å². The van der Waals surface area contributed by atoms with E-state index < -0.39 is 0 Å². The Morgan fingerprint density at radius 2 is 1.61 bits per heavy atom. The molecule has 0 amide bonds. The van der Waals surface area contributed by atoms with Gasteiger partial charge in [-0.3, -0.25) is 0 Å².